The van der Waals surface area contributed by atoms with E-state index in [0.29, 0.717) is 5.92 Å². The molecule has 0 aromatic carbocycles. The molecule has 14 heavy (non-hydrogen) atoms. The lowest BCUT2D eigenvalue weighted by Gasteiger charge is -2.17. The van der Waals surface area contributed by atoms with Gasteiger partial charge in [0, 0.05) is 12.7 Å². The standard InChI is InChI=1S/C12H16N2/c1-7(2)8-3-11-10-4-9(10)6-14-12(11)13-5-8/h3,5,7,9-10H,4,6H2,1-2H3,(H,13,14)/t9-,10-/m0/s1. The average molecular weight is 188 g/mol. The van der Waals surface area contributed by atoms with Crippen LogP contribution in [0.15, 0.2) is 12.3 Å². The van der Waals surface area contributed by atoms with Crippen molar-refractivity contribution in [3.8, 4) is 0 Å². The van der Waals surface area contributed by atoms with Gasteiger partial charge >= 0.3 is 0 Å². The maximum Gasteiger partial charge on any atom is 0.129 e. The van der Waals surface area contributed by atoms with E-state index < -0.39 is 0 Å². The van der Waals surface area contributed by atoms with Crippen molar-refractivity contribution in [2.75, 3.05) is 11.9 Å². The Morgan fingerprint density at radius 3 is 3.14 bits per heavy atom. The molecular weight excluding hydrogens is 172 g/mol. The number of hydrogen-bond donors (Lipinski definition) is 1. The number of rotatable bonds is 1. The van der Waals surface area contributed by atoms with Crippen LogP contribution in [-0.4, -0.2) is 11.5 Å². The lowest BCUT2D eigenvalue weighted by atomic mass is 9.99. The molecule has 0 radical (unpaired) electrons. The quantitative estimate of drug-likeness (QED) is 0.733. The molecule has 1 N–H and O–H groups in total. The Morgan fingerprint density at radius 1 is 1.50 bits per heavy atom. The highest BCUT2D eigenvalue weighted by Gasteiger charge is 2.42. The third kappa shape index (κ3) is 1.13. The highest BCUT2D eigenvalue weighted by molar-refractivity contribution is 5.53. The fraction of sp³-hybridized carbons (Fsp3) is 0.583. The predicted molar refractivity (Wildman–Crippen MR) is 57.7 cm³/mol. The number of aromatic nitrogens is 1. The van der Waals surface area contributed by atoms with Gasteiger partial charge in [0.1, 0.15) is 5.82 Å². The summed E-state index contributed by atoms with van der Waals surface area (Å²) < 4.78 is 0. The number of nitrogens with one attached hydrogen (secondary N) is 1. The molecule has 2 aliphatic rings. The van der Waals surface area contributed by atoms with Crippen LogP contribution in [0.1, 0.15) is 43.2 Å². The zero-order chi connectivity index (χ0) is 9.71. The average Bonchev–Trinajstić information content (AvgIpc) is 2.95. The lowest BCUT2D eigenvalue weighted by molar-refractivity contribution is 0.792. The summed E-state index contributed by atoms with van der Waals surface area (Å²) in [6.07, 6.45) is 3.38. The Morgan fingerprint density at radius 2 is 2.36 bits per heavy atom. The zero-order valence-electron chi connectivity index (χ0n) is 8.75. The van der Waals surface area contributed by atoms with Crippen molar-refractivity contribution in [2.24, 2.45) is 5.92 Å². The molecule has 1 aromatic heterocycles. The molecule has 2 nitrogen and oxygen atoms in total. The van der Waals surface area contributed by atoms with Gasteiger partial charge in [-0.1, -0.05) is 19.9 Å². The third-order valence-corrected chi connectivity index (χ3v) is 3.46. The summed E-state index contributed by atoms with van der Waals surface area (Å²) in [6.45, 7) is 5.58. The summed E-state index contributed by atoms with van der Waals surface area (Å²) in [5, 5.41) is 3.41. The first kappa shape index (κ1) is 8.27. The molecule has 1 saturated carbocycles. The predicted octanol–water partition coefficient (Wildman–Crippen LogP) is 2.73. The van der Waals surface area contributed by atoms with Crippen LogP contribution in [0.3, 0.4) is 0 Å². The first-order valence-electron chi connectivity index (χ1n) is 5.49. The molecule has 74 valence electrons. The van der Waals surface area contributed by atoms with Gasteiger partial charge in [0.15, 0.2) is 0 Å². The van der Waals surface area contributed by atoms with Crippen LogP contribution in [0.2, 0.25) is 0 Å². The molecule has 1 aromatic rings. The van der Waals surface area contributed by atoms with E-state index in [9.17, 15) is 0 Å². The Hall–Kier alpha value is -1.05. The molecule has 0 spiro atoms. The minimum atomic E-state index is 0.590. The molecule has 0 amide bonds. The van der Waals surface area contributed by atoms with Crippen LogP contribution < -0.4 is 5.32 Å². The molecule has 0 bridgehead atoms. The highest BCUT2D eigenvalue weighted by Crippen LogP contribution is 2.52. The van der Waals surface area contributed by atoms with Crippen LogP contribution in [0.5, 0.6) is 0 Å². The van der Waals surface area contributed by atoms with Gasteiger partial charge in [-0.15, -0.1) is 0 Å². The van der Waals surface area contributed by atoms with Crippen molar-refractivity contribution in [1.82, 2.24) is 4.98 Å². The van der Waals surface area contributed by atoms with Gasteiger partial charge in [-0.05, 0) is 35.3 Å². The monoisotopic (exact) mass is 188 g/mol. The summed E-state index contributed by atoms with van der Waals surface area (Å²) in [5.41, 5.74) is 2.84. The van der Waals surface area contributed by atoms with Gasteiger partial charge in [-0.3, -0.25) is 0 Å². The van der Waals surface area contributed by atoms with E-state index in [4.69, 9.17) is 0 Å². The normalized spacial score (nSPS) is 27.9. The molecule has 1 aliphatic carbocycles. The number of pyridine rings is 1. The molecule has 2 heteroatoms. The van der Waals surface area contributed by atoms with E-state index in [1.54, 1.807) is 0 Å². The number of anilines is 1. The minimum absolute atomic E-state index is 0.590. The number of fused-ring (bicyclic) bond motifs is 3. The van der Waals surface area contributed by atoms with Gasteiger partial charge in [0.05, 0.1) is 0 Å². The molecule has 0 unspecified atom stereocenters. The van der Waals surface area contributed by atoms with E-state index in [0.717, 1.165) is 24.2 Å². The van der Waals surface area contributed by atoms with Gasteiger partial charge in [0.25, 0.3) is 0 Å². The third-order valence-electron chi connectivity index (χ3n) is 3.46. The van der Waals surface area contributed by atoms with Crippen molar-refractivity contribution < 1.29 is 0 Å². The van der Waals surface area contributed by atoms with Crippen LogP contribution >= 0.6 is 0 Å². The Bertz CT molecular complexity index is 371. The number of hydrogen-bond acceptors (Lipinski definition) is 2. The first-order chi connectivity index (χ1) is 6.75. The zero-order valence-corrected chi connectivity index (χ0v) is 8.75. The summed E-state index contributed by atoms with van der Waals surface area (Å²) in [5.74, 6) is 3.43. The maximum absolute atomic E-state index is 4.51. The second-order valence-electron chi connectivity index (χ2n) is 4.84. The summed E-state index contributed by atoms with van der Waals surface area (Å²) >= 11 is 0. The largest absolute Gasteiger partial charge is 0.370 e. The summed E-state index contributed by atoms with van der Waals surface area (Å²) in [7, 11) is 0. The second-order valence-corrected chi connectivity index (χ2v) is 4.84. The summed E-state index contributed by atoms with van der Waals surface area (Å²) in [6, 6.07) is 2.35. The Kier molecular flexibility index (Phi) is 1.61. The van der Waals surface area contributed by atoms with E-state index in [1.165, 1.54) is 17.5 Å². The molecule has 2 atom stereocenters. The molecule has 3 rings (SSSR count). The second kappa shape index (κ2) is 2.72. The maximum atomic E-state index is 4.51. The van der Waals surface area contributed by atoms with E-state index >= 15 is 0 Å². The Labute approximate surface area is 84.7 Å². The highest BCUT2D eigenvalue weighted by atomic mass is 15.0. The van der Waals surface area contributed by atoms with Gasteiger partial charge in [-0.25, -0.2) is 4.98 Å². The van der Waals surface area contributed by atoms with Crippen molar-refractivity contribution in [3.05, 3.63) is 23.4 Å². The van der Waals surface area contributed by atoms with Crippen LogP contribution in [0.4, 0.5) is 5.82 Å². The first-order valence-corrected chi connectivity index (χ1v) is 5.49. The van der Waals surface area contributed by atoms with Crippen molar-refractivity contribution in [3.63, 3.8) is 0 Å². The van der Waals surface area contributed by atoms with Gasteiger partial charge in [-0.2, -0.15) is 0 Å². The molecule has 0 saturated heterocycles. The van der Waals surface area contributed by atoms with Crippen molar-refractivity contribution in [2.45, 2.75) is 32.1 Å². The number of nitrogens with zero attached hydrogens (tertiary/aromatic N) is 1. The lowest BCUT2D eigenvalue weighted by Crippen LogP contribution is -2.13. The smallest absolute Gasteiger partial charge is 0.129 e. The minimum Gasteiger partial charge on any atom is -0.370 e. The fourth-order valence-electron chi connectivity index (χ4n) is 2.33. The van der Waals surface area contributed by atoms with Crippen LogP contribution in [0, 0.1) is 5.92 Å². The topological polar surface area (TPSA) is 24.9 Å². The molecular formula is C12H16N2. The van der Waals surface area contributed by atoms with E-state index in [-0.39, 0.29) is 0 Å². The fourth-order valence-corrected chi connectivity index (χ4v) is 2.33. The van der Waals surface area contributed by atoms with Crippen molar-refractivity contribution >= 4 is 5.82 Å². The van der Waals surface area contributed by atoms with E-state index in [2.05, 4.69) is 30.2 Å². The van der Waals surface area contributed by atoms with Gasteiger partial charge in [0.2, 0.25) is 0 Å². The molecule has 1 fully saturated rings. The Balaban J connectivity index is 2.04. The van der Waals surface area contributed by atoms with Crippen LogP contribution in [-0.2, 0) is 0 Å². The van der Waals surface area contributed by atoms with Gasteiger partial charge < -0.3 is 5.32 Å². The molecule has 2 heterocycles. The summed E-state index contributed by atoms with van der Waals surface area (Å²) in [4.78, 5) is 4.51. The van der Waals surface area contributed by atoms with Crippen molar-refractivity contribution in [1.29, 1.82) is 0 Å². The molecule has 1 aliphatic heterocycles. The SMILES string of the molecule is CC(C)c1cnc2c(c1)[C@H]1C[C@H]1CN2. The van der Waals surface area contributed by atoms with Crippen LogP contribution in [0.25, 0.3) is 0 Å². The van der Waals surface area contributed by atoms with E-state index in [1.807, 2.05) is 6.20 Å².